The normalized spacial score (nSPS) is 15.1. The van der Waals surface area contributed by atoms with Crippen LogP contribution in [0, 0.1) is 0 Å². The third kappa shape index (κ3) is 2.24. The average Bonchev–Trinajstić information content (AvgIpc) is 3.19. The van der Waals surface area contributed by atoms with E-state index in [1.807, 2.05) is 30.3 Å². The molecule has 2 aromatic rings. The summed E-state index contributed by atoms with van der Waals surface area (Å²) in [6.45, 7) is 0.825. The molecule has 1 N–H and O–H groups in total. The molecule has 0 aliphatic heterocycles. The van der Waals surface area contributed by atoms with Crippen molar-refractivity contribution in [2.24, 2.45) is 0 Å². The van der Waals surface area contributed by atoms with Crippen LogP contribution in [-0.2, 0) is 6.54 Å². The zero-order chi connectivity index (χ0) is 11.7. The van der Waals surface area contributed by atoms with Crippen molar-refractivity contribution in [3.05, 3.63) is 36.0 Å². The first-order valence-corrected chi connectivity index (χ1v) is 6.03. The molecular weight excluding hydrogens is 212 g/mol. The molecule has 1 aliphatic rings. The van der Waals surface area contributed by atoms with E-state index in [1.54, 1.807) is 7.11 Å². The van der Waals surface area contributed by atoms with Crippen molar-refractivity contribution in [2.45, 2.75) is 25.4 Å². The Morgan fingerprint density at radius 1 is 1.35 bits per heavy atom. The van der Waals surface area contributed by atoms with Gasteiger partial charge in [0.15, 0.2) is 0 Å². The molecule has 0 radical (unpaired) electrons. The number of rotatable bonds is 4. The molecule has 0 unspecified atom stereocenters. The summed E-state index contributed by atoms with van der Waals surface area (Å²) in [5.41, 5.74) is 2.05. The number of para-hydroxylation sites is 1. The Bertz CT molecular complexity index is 535. The standard InChI is InChI=1S/C14H16N2O/c1-17-14-8-11(9-15-10-6-7-10)16-13-5-3-2-4-12(13)14/h2-5,8,10,15H,6-7,9H2,1H3. The van der Waals surface area contributed by atoms with Crippen LogP contribution in [0.2, 0.25) is 0 Å². The lowest BCUT2D eigenvalue weighted by Gasteiger charge is -2.08. The summed E-state index contributed by atoms with van der Waals surface area (Å²) >= 11 is 0. The van der Waals surface area contributed by atoms with Crippen molar-refractivity contribution in [2.75, 3.05) is 7.11 Å². The van der Waals surface area contributed by atoms with Crippen molar-refractivity contribution in [3.63, 3.8) is 0 Å². The molecule has 0 atom stereocenters. The van der Waals surface area contributed by atoms with E-state index in [2.05, 4.69) is 10.3 Å². The number of hydrogen-bond donors (Lipinski definition) is 1. The van der Waals surface area contributed by atoms with Gasteiger partial charge < -0.3 is 10.1 Å². The number of nitrogens with one attached hydrogen (secondary N) is 1. The van der Waals surface area contributed by atoms with Crippen LogP contribution in [0.15, 0.2) is 30.3 Å². The van der Waals surface area contributed by atoms with Crippen LogP contribution in [0.3, 0.4) is 0 Å². The number of fused-ring (bicyclic) bond motifs is 1. The zero-order valence-electron chi connectivity index (χ0n) is 9.94. The maximum Gasteiger partial charge on any atom is 0.130 e. The molecule has 1 saturated carbocycles. The monoisotopic (exact) mass is 228 g/mol. The molecule has 1 aliphatic carbocycles. The van der Waals surface area contributed by atoms with Gasteiger partial charge in [0.2, 0.25) is 0 Å². The number of nitrogens with zero attached hydrogens (tertiary/aromatic N) is 1. The molecular formula is C14H16N2O. The molecule has 0 bridgehead atoms. The molecule has 0 amide bonds. The average molecular weight is 228 g/mol. The van der Waals surface area contributed by atoms with E-state index in [0.29, 0.717) is 6.04 Å². The summed E-state index contributed by atoms with van der Waals surface area (Å²) in [5, 5.41) is 4.55. The fourth-order valence-electron chi connectivity index (χ4n) is 1.99. The van der Waals surface area contributed by atoms with Crippen molar-refractivity contribution in [1.29, 1.82) is 0 Å². The first-order valence-electron chi connectivity index (χ1n) is 6.03. The topological polar surface area (TPSA) is 34.1 Å². The Kier molecular flexibility index (Phi) is 2.69. The number of methoxy groups -OCH3 is 1. The van der Waals surface area contributed by atoms with Crippen LogP contribution in [0.25, 0.3) is 10.9 Å². The van der Waals surface area contributed by atoms with E-state index < -0.39 is 0 Å². The predicted molar refractivity (Wildman–Crippen MR) is 68.2 cm³/mol. The van der Waals surface area contributed by atoms with Crippen LogP contribution < -0.4 is 10.1 Å². The highest BCUT2D eigenvalue weighted by atomic mass is 16.5. The van der Waals surface area contributed by atoms with Gasteiger partial charge in [0.05, 0.1) is 18.3 Å². The van der Waals surface area contributed by atoms with Crippen LogP contribution >= 0.6 is 0 Å². The van der Waals surface area contributed by atoms with E-state index in [-0.39, 0.29) is 0 Å². The van der Waals surface area contributed by atoms with E-state index in [4.69, 9.17) is 4.74 Å². The quantitative estimate of drug-likeness (QED) is 0.873. The van der Waals surface area contributed by atoms with Crippen molar-refractivity contribution in [3.8, 4) is 5.75 Å². The smallest absolute Gasteiger partial charge is 0.130 e. The molecule has 1 fully saturated rings. The summed E-state index contributed by atoms with van der Waals surface area (Å²) < 4.78 is 5.42. The second kappa shape index (κ2) is 4.34. The van der Waals surface area contributed by atoms with Crippen LogP contribution in [0.5, 0.6) is 5.75 Å². The highest BCUT2D eigenvalue weighted by molar-refractivity contribution is 5.85. The van der Waals surface area contributed by atoms with Gasteiger partial charge in [-0.05, 0) is 25.0 Å². The Morgan fingerprint density at radius 3 is 2.94 bits per heavy atom. The third-order valence-corrected chi connectivity index (χ3v) is 3.10. The van der Waals surface area contributed by atoms with Gasteiger partial charge in [0.25, 0.3) is 0 Å². The Morgan fingerprint density at radius 2 is 2.18 bits per heavy atom. The van der Waals surface area contributed by atoms with Gasteiger partial charge in [0.1, 0.15) is 5.75 Å². The molecule has 3 nitrogen and oxygen atoms in total. The summed E-state index contributed by atoms with van der Waals surface area (Å²) in [6.07, 6.45) is 2.59. The molecule has 3 heteroatoms. The third-order valence-electron chi connectivity index (χ3n) is 3.10. The summed E-state index contributed by atoms with van der Waals surface area (Å²) in [5.74, 6) is 0.906. The molecule has 17 heavy (non-hydrogen) atoms. The lowest BCUT2D eigenvalue weighted by molar-refractivity contribution is 0.418. The lowest BCUT2D eigenvalue weighted by atomic mass is 10.2. The first-order chi connectivity index (χ1) is 8.36. The van der Waals surface area contributed by atoms with Gasteiger partial charge in [-0.25, -0.2) is 0 Å². The molecule has 0 spiro atoms. The number of aromatic nitrogens is 1. The molecule has 1 aromatic heterocycles. The highest BCUT2D eigenvalue weighted by Crippen LogP contribution is 2.25. The Balaban J connectivity index is 1.95. The summed E-state index contributed by atoms with van der Waals surface area (Å²) in [4.78, 5) is 4.64. The number of ether oxygens (including phenoxy) is 1. The fraction of sp³-hybridized carbons (Fsp3) is 0.357. The molecule has 0 saturated heterocycles. The number of benzene rings is 1. The molecule has 88 valence electrons. The maximum absolute atomic E-state index is 5.42. The van der Waals surface area contributed by atoms with Gasteiger partial charge in [-0.1, -0.05) is 12.1 Å². The minimum absolute atomic E-state index is 0.703. The van der Waals surface area contributed by atoms with Gasteiger partial charge in [-0.15, -0.1) is 0 Å². The minimum atomic E-state index is 0.703. The van der Waals surface area contributed by atoms with Crippen molar-refractivity contribution >= 4 is 10.9 Å². The SMILES string of the molecule is COc1cc(CNC2CC2)nc2ccccc12. The van der Waals surface area contributed by atoms with Gasteiger partial charge in [0, 0.05) is 24.0 Å². The Labute approximate surface area is 101 Å². The molecule has 3 rings (SSSR count). The molecule has 1 heterocycles. The van der Waals surface area contributed by atoms with Gasteiger partial charge in [-0.3, -0.25) is 4.98 Å². The lowest BCUT2D eigenvalue weighted by Crippen LogP contribution is -2.16. The zero-order valence-corrected chi connectivity index (χ0v) is 9.94. The van der Waals surface area contributed by atoms with E-state index in [0.717, 1.165) is 28.9 Å². The van der Waals surface area contributed by atoms with Crippen LogP contribution in [0.4, 0.5) is 0 Å². The van der Waals surface area contributed by atoms with Crippen LogP contribution in [-0.4, -0.2) is 18.1 Å². The van der Waals surface area contributed by atoms with E-state index in [9.17, 15) is 0 Å². The van der Waals surface area contributed by atoms with Gasteiger partial charge in [-0.2, -0.15) is 0 Å². The Hall–Kier alpha value is -1.61. The first kappa shape index (κ1) is 10.5. The van der Waals surface area contributed by atoms with E-state index in [1.165, 1.54) is 12.8 Å². The fourth-order valence-corrected chi connectivity index (χ4v) is 1.99. The summed E-state index contributed by atoms with van der Waals surface area (Å²) in [7, 11) is 1.71. The number of pyridine rings is 1. The highest BCUT2D eigenvalue weighted by Gasteiger charge is 2.20. The maximum atomic E-state index is 5.42. The van der Waals surface area contributed by atoms with Gasteiger partial charge >= 0.3 is 0 Å². The number of hydrogen-bond acceptors (Lipinski definition) is 3. The van der Waals surface area contributed by atoms with Crippen molar-refractivity contribution < 1.29 is 4.74 Å². The minimum Gasteiger partial charge on any atom is -0.496 e. The summed E-state index contributed by atoms with van der Waals surface area (Å²) in [6, 6.07) is 10.8. The largest absolute Gasteiger partial charge is 0.496 e. The van der Waals surface area contributed by atoms with Crippen LogP contribution in [0.1, 0.15) is 18.5 Å². The van der Waals surface area contributed by atoms with Crippen molar-refractivity contribution in [1.82, 2.24) is 10.3 Å². The second-order valence-corrected chi connectivity index (χ2v) is 4.49. The second-order valence-electron chi connectivity index (χ2n) is 4.49. The molecule has 1 aromatic carbocycles. The van der Waals surface area contributed by atoms with E-state index >= 15 is 0 Å². The predicted octanol–water partition coefficient (Wildman–Crippen LogP) is 2.50.